The molecule has 0 amide bonds. The Morgan fingerprint density at radius 1 is 0.970 bits per heavy atom. The number of methoxy groups -OCH3 is 1. The zero-order chi connectivity index (χ0) is 23.8. The topological polar surface area (TPSA) is 102 Å². The van der Waals surface area contributed by atoms with Crippen molar-refractivity contribution in [2.45, 2.75) is 22.6 Å². The molecule has 33 heavy (non-hydrogen) atoms. The van der Waals surface area contributed by atoms with E-state index in [2.05, 4.69) is 10.00 Å². The molecule has 1 saturated heterocycles. The van der Waals surface area contributed by atoms with E-state index in [9.17, 15) is 16.8 Å². The Bertz CT molecular complexity index is 1340. The number of ether oxygens (including phenoxy) is 1. The maximum atomic E-state index is 13.5. The highest BCUT2D eigenvalue weighted by Crippen LogP contribution is 2.32. The highest BCUT2D eigenvalue weighted by Gasteiger charge is 2.28. The predicted octanol–water partition coefficient (Wildman–Crippen LogP) is 2.39. The maximum absolute atomic E-state index is 13.5. The SMILES string of the molecule is COCC1CCN(c2nn(S(=O)(=O)c3ccc(S(=O)(=O)N(C)C)cc3)c3ccccc23)CC1. The molecule has 1 fully saturated rings. The fourth-order valence-corrected chi connectivity index (χ4v) is 6.27. The molecule has 1 aliphatic rings. The van der Waals surface area contributed by atoms with Gasteiger partial charge in [0.05, 0.1) is 15.3 Å². The molecule has 0 aliphatic carbocycles. The Hall–Kier alpha value is -2.47. The fourth-order valence-electron chi connectivity index (χ4n) is 4.08. The molecule has 3 aromatic rings. The van der Waals surface area contributed by atoms with Gasteiger partial charge in [-0.25, -0.2) is 12.7 Å². The van der Waals surface area contributed by atoms with Gasteiger partial charge in [-0.05, 0) is 55.2 Å². The molecule has 178 valence electrons. The average Bonchev–Trinajstić information content (AvgIpc) is 3.20. The molecule has 0 saturated carbocycles. The van der Waals surface area contributed by atoms with Crippen molar-refractivity contribution < 1.29 is 21.6 Å². The summed E-state index contributed by atoms with van der Waals surface area (Å²) in [4.78, 5) is 2.11. The smallest absolute Gasteiger partial charge is 0.283 e. The Morgan fingerprint density at radius 3 is 2.18 bits per heavy atom. The van der Waals surface area contributed by atoms with Crippen LogP contribution in [0.25, 0.3) is 10.9 Å². The summed E-state index contributed by atoms with van der Waals surface area (Å²) in [5, 5.41) is 5.29. The van der Waals surface area contributed by atoms with Crippen LogP contribution in [-0.4, -0.2) is 71.2 Å². The molecule has 0 bridgehead atoms. The molecular formula is C22H28N4O5S2. The summed E-state index contributed by atoms with van der Waals surface area (Å²) in [7, 11) is -3.14. The average molecular weight is 493 g/mol. The lowest BCUT2D eigenvalue weighted by Gasteiger charge is -2.31. The van der Waals surface area contributed by atoms with E-state index in [1.54, 1.807) is 19.2 Å². The van der Waals surface area contributed by atoms with Crippen LogP contribution >= 0.6 is 0 Å². The van der Waals surface area contributed by atoms with Crippen molar-refractivity contribution in [2.24, 2.45) is 5.92 Å². The number of rotatable bonds is 7. The van der Waals surface area contributed by atoms with Gasteiger partial charge >= 0.3 is 0 Å². The lowest BCUT2D eigenvalue weighted by Crippen LogP contribution is -2.35. The summed E-state index contributed by atoms with van der Waals surface area (Å²) in [6.45, 7) is 2.26. The van der Waals surface area contributed by atoms with Gasteiger partial charge in [0.1, 0.15) is 0 Å². The first kappa shape index (κ1) is 23.7. The van der Waals surface area contributed by atoms with Crippen LogP contribution in [0.15, 0.2) is 58.3 Å². The molecule has 2 aromatic carbocycles. The number of hydrogen-bond donors (Lipinski definition) is 0. The van der Waals surface area contributed by atoms with E-state index < -0.39 is 20.0 Å². The van der Waals surface area contributed by atoms with Crippen molar-refractivity contribution >= 4 is 36.8 Å². The Kier molecular flexibility index (Phi) is 6.50. The number of piperidine rings is 1. The van der Waals surface area contributed by atoms with Crippen LogP contribution in [0.2, 0.25) is 0 Å². The molecule has 9 nitrogen and oxygen atoms in total. The van der Waals surface area contributed by atoms with Crippen LogP contribution in [0, 0.1) is 5.92 Å². The first-order valence-electron chi connectivity index (χ1n) is 10.7. The summed E-state index contributed by atoms with van der Waals surface area (Å²) < 4.78 is 59.0. The van der Waals surface area contributed by atoms with Crippen LogP contribution in [-0.2, 0) is 24.8 Å². The minimum Gasteiger partial charge on any atom is -0.384 e. The van der Waals surface area contributed by atoms with Crippen LogP contribution in [0.4, 0.5) is 5.82 Å². The van der Waals surface area contributed by atoms with E-state index >= 15 is 0 Å². The van der Waals surface area contributed by atoms with E-state index in [-0.39, 0.29) is 9.79 Å². The monoisotopic (exact) mass is 492 g/mol. The lowest BCUT2D eigenvalue weighted by molar-refractivity contribution is 0.139. The van der Waals surface area contributed by atoms with Crippen LogP contribution in [0.5, 0.6) is 0 Å². The lowest BCUT2D eigenvalue weighted by atomic mass is 9.98. The van der Waals surface area contributed by atoms with Crippen molar-refractivity contribution in [3.8, 4) is 0 Å². The number of sulfonamides is 1. The number of fused-ring (bicyclic) bond motifs is 1. The highest BCUT2D eigenvalue weighted by atomic mass is 32.2. The zero-order valence-electron chi connectivity index (χ0n) is 18.9. The summed E-state index contributed by atoms with van der Waals surface area (Å²) in [5.41, 5.74) is 0.483. The second kappa shape index (κ2) is 9.05. The number of anilines is 1. The third-order valence-corrected chi connectivity index (χ3v) is 9.41. The molecule has 0 radical (unpaired) electrons. The Balaban J connectivity index is 1.71. The van der Waals surface area contributed by atoms with E-state index in [4.69, 9.17) is 4.74 Å². The van der Waals surface area contributed by atoms with Crippen LogP contribution in [0.3, 0.4) is 0 Å². The Labute approximate surface area is 194 Å². The first-order chi connectivity index (χ1) is 15.7. The molecular weight excluding hydrogens is 464 g/mol. The minimum atomic E-state index is -4.03. The second-order valence-electron chi connectivity index (χ2n) is 8.33. The van der Waals surface area contributed by atoms with Gasteiger partial charge in [-0.15, -0.1) is 5.10 Å². The van der Waals surface area contributed by atoms with Crippen molar-refractivity contribution in [3.05, 3.63) is 48.5 Å². The van der Waals surface area contributed by atoms with Gasteiger partial charge in [-0.2, -0.15) is 12.5 Å². The van der Waals surface area contributed by atoms with E-state index in [0.717, 1.165) is 46.3 Å². The molecule has 4 rings (SSSR count). The number of hydrogen-bond acceptors (Lipinski definition) is 7. The minimum absolute atomic E-state index is 0.0244. The number of benzene rings is 2. The molecule has 11 heteroatoms. The highest BCUT2D eigenvalue weighted by molar-refractivity contribution is 7.90. The Morgan fingerprint density at radius 2 is 1.58 bits per heavy atom. The number of aromatic nitrogens is 2. The third kappa shape index (κ3) is 4.37. The largest absolute Gasteiger partial charge is 0.384 e. The van der Waals surface area contributed by atoms with Gasteiger partial charge in [-0.3, -0.25) is 0 Å². The first-order valence-corrected chi connectivity index (χ1v) is 13.5. The van der Waals surface area contributed by atoms with E-state index in [0.29, 0.717) is 17.3 Å². The van der Waals surface area contributed by atoms with E-state index in [1.165, 1.54) is 38.4 Å². The van der Waals surface area contributed by atoms with Gasteiger partial charge < -0.3 is 9.64 Å². The molecule has 0 atom stereocenters. The van der Waals surface area contributed by atoms with Crippen LogP contribution < -0.4 is 4.90 Å². The summed E-state index contributed by atoms with van der Waals surface area (Å²) in [5.74, 6) is 1.12. The van der Waals surface area contributed by atoms with Gasteiger partial charge in [0, 0.05) is 46.3 Å². The molecule has 1 aromatic heterocycles. The second-order valence-corrected chi connectivity index (χ2v) is 12.3. The van der Waals surface area contributed by atoms with Crippen molar-refractivity contribution in [2.75, 3.05) is 45.8 Å². The molecule has 2 heterocycles. The predicted molar refractivity (Wildman–Crippen MR) is 126 cm³/mol. The summed E-state index contributed by atoms with van der Waals surface area (Å²) >= 11 is 0. The molecule has 0 unspecified atom stereocenters. The fraction of sp³-hybridized carbons (Fsp3) is 0.409. The third-order valence-electron chi connectivity index (χ3n) is 5.98. The summed E-state index contributed by atoms with van der Waals surface area (Å²) in [6.07, 6.45) is 1.90. The normalized spacial score (nSPS) is 16.1. The zero-order valence-corrected chi connectivity index (χ0v) is 20.5. The van der Waals surface area contributed by atoms with Gasteiger partial charge in [0.2, 0.25) is 10.0 Å². The van der Waals surface area contributed by atoms with Gasteiger partial charge in [-0.1, -0.05) is 12.1 Å². The van der Waals surface area contributed by atoms with E-state index in [1.807, 2.05) is 12.1 Å². The standard InChI is InChI=1S/C22H28N4O5S2/c1-24(2)32(27,28)18-8-10-19(11-9-18)33(29,30)26-21-7-5-4-6-20(21)22(23-26)25-14-12-17(13-15-25)16-31-3/h4-11,17H,12-16H2,1-3H3. The van der Waals surface area contributed by atoms with Crippen molar-refractivity contribution in [3.63, 3.8) is 0 Å². The quantitative estimate of drug-likeness (QED) is 0.499. The van der Waals surface area contributed by atoms with Crippen LogP contribution in [0.1, 0.15) is 12.8 Å². The van der Waals surface area contributed by atoms with Crippen molar-refractivity contribution in [1.82, 2.24) is 13.5 Å². The van der Waals surface area contributed by atoms with Gasteiger partial charge in [0.15, 0.2) is 5.82 Å². The molecule has 1 aliphatic heterocycles. The maximum Gasteiger partial charge on any atom is 0.283 e. The molecule has 0 spiro atoms. The van der Waals surface area contributed by atoms with Crippen molar-refractivity contribution in [1.29, 1.82) is 0 Å². The van der Waals surface area contributed by atoms with Gasteiger partial charge in [0.25, 0.3) is 10.0 Å². The number of para-hydroxylation sites is 1. The number of nitrogens with zero attached hydrogens (tertiary/aromatic N) is 4. The molecule has 0 N–H and O–H groups in total. The summed E-state index contributed by atoms with van der Waals surface area (Å²) in [6, 6.07) is 12.4.